The van der Waals surface area contributed by atoms with Gasteiger partial charge in [0.15, 0.2) is 0 Å². The number of piperidine rings is 1. The van der Waals surface area contributed by atoms with Crippen LogP contribution in [0.5, 0.6) is 5.75 Å². The predicted octanol–water partition coefficient (Wildman–Crippen LogP) is 2.45. The minimum absolute atomic E-state index is 0.0373. The predicted molar refractivity (Wildman–Crippen MR) is 101 cm³/mol. The monoisotopic (exact) mass is 372 g/mol. The third-order valence-corrected chi connectivity index (χ3v) is 4.95. The molecule has 4 rings (SSSR count). The van der Waals surface area contributed by atoms with Crippen molar-refractivity contribution in [1.82, 2.24) is 14.9 Å². The van der Waals surface area contributed by atoms with Gasteiger partial charge in [-0.15, -0.1) is 0 Å². The van der Waals surface area contributed by atoms with Crippen molar-refractivity contribution in [3.63, 3.8) is 0 Å². The number of anilines is 1. The first-order valence-electron chi connectivity index (χ1n) is 8.73. The Kier molecular flexibility index (Phi) is 5.06. The molecule has 1 fully saturated rings. The number of aliphatic hydroxyl groups excluding tert-OH is 1. The number of hydrogen-bond acceptors (Lipinski definition) is 6. The molecule has 6 nitrogen and oxygen atoms in total. The molecule has 2 atom stereocenters. The fraction of sp³-hybridized carbons (Fsp3) is 0.368. The highest BCUT2D eigenvalue weighted by atomic mass is 35.5. The molecule has 0 bridgehead atoms. The van der Waals surface area contributed by atoms with E-state index >= 15 is 0 Å². The highest BCUT2D eigenvalue weighted by Crippen LogP contribution is 2.29. The number of nitrogens with zero attached hydrogens (tertiary/aromatic N) is 3. The average molecular weight is 373 g/mol. The van der Waals surface area contributed by atoms with Crippen molar-refractivity contribution in [2.24, 2.45) is 0 Å². The van der Waals surface area contributed by atoms with Crippen LogP contribution in [0.1, 0.15) is 12.0 Å². The minimum Gasteiger partial charge on any atom is -0.489 e. The normalized spacial score (nSPS) is 22.9. The summed E-state index contributed by atoms with van der Waals surface area (Å²) in [6, 6.07) is 7.39. The lowest BCUT2D eigenvalue weighted by atomic mass is 10.0. The first-order chi connectivity index (χ1) is 12.7. The van der Waals surface area contributed by atoms with Gasteiger partial charge in [0.05, 0.1) is 12.1 Å². The Labute approximate surface area is 157 Å². The highest BCUT2D eigenvalue weighted by molar-refractivity contribution is 6.30. The molecule has 1 aromatic carbocycles. The molecular weight excluding hydrogens is 352 g/mol. The molecule has 136 valence electrons. The van der Waals surface area contributed by atoms with Gasteiger partial charge < -0.3 is 15.2 Å². The van der Waals surface area contributed by atoms with Gasteiger partial charge in [-0.3, -0.25) is 4.90 Å². The van der Waals surface area contributed by atoms with Crippen molar-refractivity contribution in [3.05, 3.63) is 52.8 Å². The Morgan fingerprint density at radius 2 is 2.15 bits per heavy atom. The molecule has 1 saturated heterocycles. The molecule has 0 radical (unpaired) electrons. The smallest absolute Gasteiger partial charge is 0.222 e. The fourth-order valence-electron chi connectivity index (χ4n) is 3.42. The lowest BCUT2D eigenvalue weighted by molar-refractivity contribution is 0.0633. The van der Waals surface area contributed by atoms with E-state index in [4.69, 9.17) is 16.3 Å². The number of β-amino-alcohol motifs (C(OH)–C–C–N with tert-alkyl or cyclic N) is 1. The molecule has 2 N–H and O–H groups in total. The standard InChI is InChI=1S/C19H21ClN4O2/c20-15-2-3-18-14(9-15)8-13(12-26-18)10-24-7-4-16(17(25)11-24)23-19-21-5-1-6-22-19/h1-3,5-6,8-9,16-17,25H,4,7,10-12H2,(H,21,22,23)/t16-,17-/m1/s1. The third kappa shape index (κ3) is 3.98. The Hall–Kier alpha value is -2.15. The first kappa shape index (κ1) is 17.3. The van der Waals surface area contributed by atoms with E-state index in [-0.39, 0.29) is 6.04 Å². The van der Waals surface area contributed by atoms with Gasteiger partial charge >= 0.3 is 0 Å². The van der Waals surface area contributed by atoms with Crippen LogP contribution >= 0.6 is 11.6 Å². The topological polar surface area (TPSA) is 70.5 Å². The second-order valence-electron chi connectivity index (χ2n) is 6.69. The van der Waals surface area contributed by atoms with Crippen LogP contribution in [0.25, 0.3) is 6.08 Å². The van der Waals surface area contributed by atoms with Gasteiger partial charge in [-0.1, -0.05) is 11.6 Å². The van der Waals surface area contributed by atoms with E-state index in [9.17, 15) is 5.11 Å². The van der Waals surface area contributed by atoms with Gasteiger partial charge in [0.1, 0.15) is 12.4 Å². The molecule has 0 amide bonds. The van der Waals surface area contributed by atoms with Gasteiger partial charge in [0, 0.05) is 42.6 Å². The summed E-state index contributed by atoms with van der Waals surface area (Å²) in [5.74, 6) is 1.42. The van der Waals surface area contributed by atoms with Crippen molar-refractivity contribution in [3.8, 4) is 5.75 Å². The second-order valence-corrected chi connectivity index (χ2v) is 7.12. The van der Waals surface area contributed by atoms with E-state index in [1.807, 2.05) is 18.2 Å². The third-order valence-electron chi connectivity index (χ3n) is 4.72. The van der Waals surface area contributed by atoms with Gasteiger partial charge in [0.2, 0.25) is 5.95 Å². The van der Waals surface area contributed by atoms with Crippen LogP contribution in [0.2, 0.25) is 5.02 Å². The summed E-state index contributed by atoms with van der Waals surface area (Å²) in [6.45, 7) is 2.84. The van der Waals surface area contributed by atoms with Crippen LogP contribution in [-0.4, -0.2) is 58.4 Å². The lowest BCUT2D eigenvalue weighted by Crippen LogP contribution is -2.50. The largest absolute Gasteiger partial charge is 0.489 e. The van der Waals surface area contributed by atoms with E-state index in [1.165, 1.54) is 5.57 Å². The van der Waals surface area contributed by atoms with Crippen molar-refractivity contribution in [1.29, 1.82) is 0 Å². The maximum Gasteiger partial charge on any atom is 0.222 e. The van der Waals surface area contributed by atoms with Crippen molar-refractivity contribution < 1.29 is 9.84 Å². The molecular formula is C19H21ClN4O2. The number of aromatic nitrogens is 2. The summed E-state index contributed by atoms with van der Waals surface area (Å²) in [5, 5.41) is 14.4. The summed E-state index contributed by atoms with van der Waals surface area (Å²) >= 11 is 6.07. The number of halogens is 1. The van der Waals surface area contributed by atoms with Crippen LogP contribution < -0.4 is 10.1 Å². The van der Waals surface area contributed by atoms with E-state index in [0.29, 0.717) is 24.1 Å². The zero-order valence-corrected chi connectivity index (χ0v) is 15.1. The number of rotatable bonds is 4. The number of benzene rings is 1. The Morgan fingerprint density at radius 1 is 1.31 bits per heavy atom. The van der Waals surface area contributed by atoms with E-state index in [1.54, 1.807) is 18.5 Å². The van der Waals surface area contributed by atoms with Crippen LogP contribution in [0, 0.1) is 0 Å². The van der Waals surface area contributed by atoms with Gasteiger partial charge in [-0.25, -0.2) is 9.97 Å². The van der Waals surface area contributed by atoms with Crippen molar-refractivity contribution in [2.45, 2.75) is 18.6 Å². The van der Waals surface area contributed by atoms with Crippen LogP contribution in [-0.2, 0) is 0 Å². The molecule has 26 heavy (non-hydrogen) atoms. The Morgan fingerprint density at radius 3 is 2.96 bits per heavy atom. The molecule has 7 heteroatoms. The van der Waals surface area contributed by atoms with E-state index < -0.39 is 6.10 Å². The number of aliphatic hydroxyl groups is 1. The van der Waals surface area contributed by atoms with Crippen LogP contribution in [0.15, 0.2) is 42.2 Å². The van der Waals surface area contributed by atoms with E-state index in [0.717, 1.165) is 30.8 Å². The zero-order chi connectivity index (χ0) is 17.9. The number of likely N-dealkylation sites (tertiary alicyclic amines) is 1. The van der Waals surface area contributed by atoms with Gasteiger partial charge in [0.25, 0.3) is 0 Å². The summed E-state index contributed by atoms with van der Waals surface area (Å²) in [5.41, 5.74) is 2.20. The van der Waals surface area contributed by atoms with Crippen molar-refractivity contribution >= 4 is 23.6 Å². The molecule has 0 spiro atoms. The molecule has 0 unspecified atom stereocenters. The number of nitrogens with one attached hydrogen (secondary N) is 1. The summed E-state index contributed by atoms with van der Waals surface area (Å²) < 4.78 is 5.81. The highest BCUT2D eigenvalue weighted by Gasteiger charge is 2.28. The maximum atomic E-state index is 10.5. The van der Waals surface area contributed by atoms with Gasteiger partial charge in [-0.05, 0) is 42.3 Å². The lowest BCUT2D eigenvalue weighted by Gasteiger charge is -2.37. The first-order valence-corrected chi connectivity index (χ1v) is 9.11. The molecule has 0 aliphatic carbocycles. The Bertz CT molecular complexity index is 799. The molecule has 2 aromatic rings. The molecule has 1 aromatic heterocycles. The number of ether oxygens (including phenoxy) is 1. The molecule has 0 saturated carbocycles. The van der Waals surface area contributed by atoms with E-state index in [2.05, 4.69) is 26.3 Å². The van der Waals surface area contributed by atoms with Crippen LogP contribution in [0.4, 0.5) is 5.95 Å². The van der Waals surface area contributed by atoms with Crippen LogP contribution in [0.3, 0.4) is 0 Å². The van der Waals surface area contributed by atoms with Gasteiger partial charge in [-0.2, -0.15) is 0 Å². The second kappa shape index (κ2) is 7.61. The minimum atomic E-state index is -0.473. The average Bonchev–Trinajstić information content (AvgIpc) is 2.64. The maximum absolute atomic E-state index is 10.5. The molecule has 2 aliphatic heterocycles. The summed E-state index contributed by atoms with van der Waals surface area (Å²) in [7, 11) is 0. The quantitative estimate of drug-likeness (QED) is 0.859. The number of fused-ring (bicyclic) bond motifs is 1. The summed E-state index contributed by atoms with van der Waals surface area (Å²) in [4.78, 5) is 10.6. The molecule has 2 aliphatic rings. The summed E-state index contributed by atoms with van der Waals surface area (Å²) in [6.07, 6.45) is 5.88. The SMILES string of the molecule is O[C@@H]1CN(CC2=Cc3cc(Cl)ccc3OC2)CC[C@H]1Nc1ncccn1. The Balaban J connectivity index is 1.36. The van der Waals surface area contributed by atoms with Crippen molar-refractivity contribution in [2.75, 3.05) is 31.6 Å². The molecule has 3 heterocycles. The number of hydrogen-bond donors (Lipinski definition) is 2. The fourth-order valence-corrected chi connectivity index (χ4v) is 3.60. The zero-order valence-electron chi connectivity index (χ0n) is 14.3.